The summed E-state index contributed by atoms with van der Waals surface area (Å²) in [6.45, 7) is 6.73. The van der Waals surface area contributed by atoms with E-state index in [1.807, 2.05) is 0 Å². The topological polar surface area (TPSA) is 90.3 Å². The first kappa shape index (κ1) is 29.9. The van der Waals surface area contributed by atoms with Crippen LogP contribution in [0.4, 0.5) is 32.4 Å². The Labute approximate surface area is 233 Å². The number of nitrogens with one attached hydrogen (secondary N) is 2. The van der Waals surface area contributed by atoms with Crippen molar-refractivity contribution in [2.24, 2.45) is 0 Å². The fourth-order valence-corrected chi connectivity index (χ4v) is 4.58. The third kappa shape index (κ3) is 7.79. The number of ether oxygens (including phenoxy) is 2. The van der Waals surface area contributed by atoms with Crippen LogP contribution >= 0.6 is 0 Å². The molecule has 0 saturated carbocycles. The van der Waals surface area contributed by atoms with Gasteiger partial charge in [-0.25, -0.2) is 18.6 Å². The van der Waals surface area contributed by atoms with Crippen molar-refractivity contribution >= 4 is 30.8 Å². The van der Waals surface area contributed by atoms with E-state index in [9.17, 15) is 26.7 Å². The lowest BCUT2D eigenvalue weighted by atomic mass is 10.2. The van der Waals surface area contributed by atoms with Crippen LogP contribution in [0.1, 0.15) is 11.1 Å². The Morgan fingerprint density at radius 2 is 1.83 bits per heavy atom. The number of hydrogen-bond acceptors (Lipinski definition) is 5. The van der Waals surface area contributed by atoms with Gasteiger partial charge in [0.1, 0.15) is 18.1 Å². The highest BCUT2D eigenvalue weighted by Crippen LogP contribution is 2.42. The quantitative estimate of drug-likeness (QED) is 0.116. The molecule has 0 aliphatic heterocycles. The molecule has 0 aliphatic rings. The molecule has 0 aliphatic carbocycles. The van der Waals surface area contributed by atoms with Gasteiger partial charge in [-0.2, -0.15) is 13.2 Å². The van der Waals surface area contributed by atoms with E-state index >= 15 is 0 Å². The molecule has 0 radical (unpaired) electrons. The number of amides is 2. The van der Waals surface area contributed by atoms with Gasteiger partial charge in [-0.15, -0.1) is 0 Å². The van der Waals surface area contributed by atoms with Crippen molar-refractivity contribution in [3.8, 4) is 11.5 Å². The summed E-state index contributed by atoms with van der Waals surface area (Å²) in [5.74, 6) is -3.86. The number of aromatic nitrogens is 3. The van der Waals surface area contributed by atoms with Gasteiger partial charge in [-0.1, -0.05) is 25.7 Å². The zero-order chi connectivity index (χ0) is 29.8. The van der Waals surface area contributed by atoms with Crippen molar-refractivity contribution in [2.45, 2.75) is 45.1 Å². The number of urea groups is 1. The number of carbonyl (C=O) groups excluding carboxylic acids is 1. The molecule has 3 aromatic heterocycles. The molecule has 4 aromatic rings. The summed E-state index contributed by atoms with van der Waals surface area (Å²) in [7, 11) is -1.42. The molecule has 3 heterocycles. The molecular formula is C27H28F5N5O3Si. The highest BCUT2D eigenvalue weighted by Gasteiger charge is 2.37. The lowest BCUT2D eigenvalue weighted by molar-refractivity contribution is -0.136. The smallest absolute Gasteiger partial charge is 0.418 e. The van der Waals surface area contributed by atoms with Gasteiger partial charge in [0, 0.05) is 63.8 Å². The zero-order valence-electron chi connectivity index (χ0n) is 22.5. The average molecular weight is 594 g/mol. The number of rotatable bonds is 10. The van der Waals surface area contributed by atoms with Crippen molar-refractivity contribution in [1.82, 2.24) is 19.9 Å². The maximum absolute atomic E-state index is 14.9. The van der Waals surface area contributed by atoms with Gasteiger partial charge in [0.2, 0.25) is 0 Å². The second kappa shape index (κ2) is 12.2. The van der Waals surface area contributed by atoms with Crippen LogP contribution in [0.2, 0.25) is 25.7 Å². The third-order valence-corrected chi connectivity index (χ3v) is 7.60. The van der Waals surface area contributed by atoms with E-state index in [4.69, 9.17) is 9.47 Å². The van der Waals surface area contributed by atoms with Crippen LogP contribution in [-0.2, 0) is 24.2 Å². The number of fused-ring (bicyclic) bond motifs is 1. The summed E-state index contributed by atoms with van der Waals surface area (Å²) in [5.41, 5.74) is -0.730. The number of hydrogen-bond donors (Lipinski definition) is 2. The monoisotopic (exact) mass is 593 g/mol. The molecule has 2 amide bonds. The molecule has 0 spiro atoms. The molecule has 218 valence electrons. The minimum Gasteiger partial charge on any atom is -0.450 e. The van der Waals surface area contributed by atoms with Crippen LogP contribution in [0.5, 0.6) is 11.5 Å². The van der Waals surface area contributed by atoms with Gasteiger partial charge in [0.25, 0.3) is 0 Å². The summed E-state index contributed by atoms with van der Waals surface area (Å²) < 4.78 is 83.9. The molecule has 0 saturated heterocycles. The number of anilines is 1. The Bertz CT molecular complexity index is 1500. The van der Waals surface area contributed by atoms with Crippen LogP contribution in [0.15, 0.2) is 55.1 Å². The van der Waals surface area contributed by atoms with Crippen LogP contribution in [-0.4, -0.2) is 35.2 Å². The minimum atomic E-state index is -4.81. The third-order valence-electron chi connectivity index (χ3n) is 5.90. The molecule has 0 bridgehead atoms. The van der Waals surface area contributed by atoms with E-state index < -0.39 is 54.4 Å². The summed E-state index contributed by atoms with van der Waals surface area (Å²) in [6.07, 6.45) is 0.316. The Kier molecular flexibility index (Phi) is 8.92. The SMILES string of the molecule is C[Si](C)(C)CCOCn1cc(C(F)(F)F)c2c(Oc3c(F)cc(NC(=O)NCc4cccnc4)cc3F)ccnc21. The van der Waals surface area contributed by atoms with Crippen molar-refractivity contribution in [3.05, 3.63) is 77.9 Å². The molecule has 4 rings (SSSR count). The summed E-state index contributed by atoms with van der Waals surface area (Å²) >= 11 is 0. The first-order chi connectivity index (χ1) is 19.3. The first-order valence-electron chi connectivity index (χ1n) is 12.6. The van der Waals surface area contributed by atoms with E-state index in [1.165, 1.54) is 10.8 Å². The molecule has 14 heteroatoms. The van der Waals surface area contributed by atoms with E-state index in [2.05, 4.69) is 40.2 Å². The Morgan fingerprint density at radius 1 is 1.10 bits per heavy atom. The number of carbonyl (C=O) groups is 1. The molecule has 41 heavy (non-hydrogen) atoms. The Balaban J connectivity index is 1.55. The van der Waals surface area contributed by atoms with Crippen molar-refractivity contribution in [2.75, 3.05) is 11.9 Å². The maximum Gasteiger partial charge on any atom is 0.418 e. The van der Waals surface area contributed by atoms with Crippen LogP contribution in [0.3, 0.4) is 0 Å². The highest BCUT2D eigenvalue weighted by molar-refractivity contribution is 6.76. The lowest BCUT2D eigenvalue weighted by Gasteiger charge is -2.15. The Hall–Kier alpha value is -4.04. The summed E-state index contributed by atoms with van der Waals surface area (Å²) in [4.78, 5) is 20.1. The minimum absolute atomic E-state index is 0.118. The van der Waals surface area contributed by atoms with Gasteiger partial charge in [-0.05, 0) is 23.7 Å². The van der Waals surface area contributed by atoms with Gasteiger partial charge in [0.05, 0.1) is 10.9 Å². The number of pyridine rings is 2. The summed E-state index contributed by atoms with van der Waals surface area (Å²) in [6, 6.07) is 6.17. The molecule has 1 aromatic carbocycles. The van der Waals surface area contributed by atoms with Gasteiger partial charge in [0.15, 0.2) is 17.4 Å². The second-order valence-corrected chi connectivity index (χ2v) is 16.0. The zero-order valence-corrected chi connectivity index (χ0v) is 23.5. The molecule has 2 N–H and O–H groups in total. The van der Waals surface area contributed by atoms with Gasteiger partial charge in [-0.3, -0.25) is 4.98 Å². The fraction of sp³-hybridized carbons (Fsp3) is 0.296. The van der Waals surface area contributed by atoms with Crippen LogP contribution < -0.4 is 15.4 Å². The first-order valence-corrected chi connectivity index (χ1v) is 16.3. The number of alkyl halides is 3. The molecule has 0 unspecified atom stereocenters. The lowest BCUT2D eigenvalue weighted by Crippen LogP contribution is -2.28. The van der Waals surface area contributed by atoms with E-state index in [0.29, 0.717) is 12.2 Å². The van der Waals surface area contributed by atoms with Crippen molar-refractivity contribution in [1.29, 1.82) is 0 Å². The van der Waals surface area contributed by atoms with E-state index in [0.717, 1.165) is 30.4 Å². The maximum atomic E-state index is 14.9. The van der Waals surface area contributed by atoms with Crippen LogP contribution in [0.25, 0.3) is 11.0 Å². The largest absolute Gasteiger partial charge is 0.450 e. The predicted molar refractivity (Wildman–Crippen MR) is 145 cm³/mol. The van der Waals surface area contributed by atoms with Gasteiger partial charge >= 0.3 is 12.2 Å². The molecule has 8 nitrogen and oxygen atoms in total. The number of halogens is 5. The second-order valence-electron chi connectivity index (χ2n) is 10.4. The van der Waals surface area contributed by atoms with E-state index in [-0.39, 0.29) is 24.6 Å². The number of benzene rings is 1. The van der Waals surface area contributed by atoms with Gasteiger partial charge < -0.3 is 24.7 Å². The van der Waals surface area contributed by atoms with Crippen LogP contribution in [0, 0.1) is 11.6 Å². The standard InChI is InChI=1S/C27H28F5N5O3Si/c1-41(2,3)10-9-39-16-37-15-19(27(30,31)32)23-22(6-8-34-25(23)37)40-24-20(28)11-18(12-21(24)29)36-26(38)35-14-17-5-4-7-33-13-17/h4-8,11-13,15H,9-10,14,16H2,1-3H3,(H2,35,36,38). The molecule has 0 fully saturated rings. The normalized spacial score (nSPS) is 12.0. The summed E-state index contributed by atoms with van der Waals surface area (Å²) in [5, 5.41) is 4.35. The predicted octanol–water partition coefficient (Wildman–Crippen LogP) is 7.15. The highest BCUT2D eigenvalue weighted by atomic mass is 28.3. The molecular weight excluding hydrogens is 565 g/mol. The van der Waals surface area contributed by atoms with Crippen molar-refractivity contribution in [3.63, 3.8) is 0 Å². The van der Waals surface area contributed by atoms with E-state index in [1.54, 1.807) is 24.5 Å². The number of nitrogens with zero attached hydrogens (tertiary/aromatic N) is 3. The fourth-order valence-electron chi connectivity index (χ4n) is 3.83. The molecule has 0 atom stereocenters. The Morgan fingerprint density at radius 3 is 2.46 bits per heavy atom. The average Bonchev–Trinajstić information content (AvgIpc) is 3.28. The van der Waals surface area contributed by atoms with Crippen molar-refractivity contribution < 1.29 is 36.2 Å².